The second-order valence-electron chi connectivity index (χ2n) is 7.42. The van der Waals surface area contributed by atoms with Gasteiger partial charge in [-0.3, -0.25) is 4.90 Å². The molecule has 3 rings (SSSR count). The summed E-state index contributed by atoms with van der Waals surface area (Å²) < 4.78 is 9.86. The SMILES string of the molecule is COc1ccccc1C#CCN1CCN(c2nc(C(C)(C)C)ns2)CC1. The fraction of sp³-hybridized carbons (Fsp3) is 0.500. The molecule has 0 bridgehead atoms. The predicted octanol–water partition coefficient (Wildman–Crippen LogP) is 3.02. The lowest BCUT2D eigenvalue weighted by atomic mass is 9.96. The number of piperazine rings is 1. The minimum Gasteiger partial charge on any atom is -0.495 e. The number of methoxy groups -OCH3 is 1. The van der Waals surface area contributed by atoms with Gasteiger partial charge < -0.3 is 9.64 Å². The molecular weight excluding hydrogens is 344 g/mol. The summed E-state index contributed by atoms with van der Waals surface area (Å²) in [6.45, 7) is 11.1. The third-order valence-electron chi connectivity index (χ3n) is 4.36. The van der Waals surface area contributed by atoms with Crippen LogP contribution in [0.4, 0.5) is 5.13 Å². The van der Waals surface area contributed by atoms with E-state index in [2.05, 4.69) is 46.8 Å². The fourth-order valence-corrected chi connectivity index (χ4v) is 3.65. The molecule has 1 aromatic heterocycles. The molecule has 0 amide bonds. The Kier molecular flexibility index (Phi) is 5.80. The standard InChI is InChI=1S/C20H26N4OS/c1-20(2,3)18-21-19(26-22-18)24-14-12-23(13-15-24)11-7-9-16-8-5-6-10-17(16)25-4/h5-6,8,10H,11-15H2,1-4H3. The molecule has 0 atom stereocenters. The van der Waals surface area contributed by atoms with Crippen LogP contribution in [0.1, 0.15) is 32.2 Å². The normalized spacial score (nSPS) is 15.5. The molecule has 0 aliphatic carbocycles. The minimum absolute atomic E-state index is 0.00462. The third kappa shape index (κ3) is 4.54. The second-order valence-corrected chi connectivity index (χ2v) is 8.15. The van der Waals surface area contributed by atoms with Gasteiger partial charge in [-0.15, -0.1) is 0 Å². The van der Waals surface area contributed by atoms with Crippen molar-refractivity contribution >= 4 is 16.7 Å². The molecule has 1 aliphatic rings. The highest BCUT2D eigenvalue weighted by Gasteiger charge is 2.23. The number of rotatable bonds is 3. The predicted molar refractivity (Wildman–Crippen MR) is 107 cm³/mol. The van der Waals surface area contributed by atoms with Gasteiger partial charge in [0, 0.05) is 43.1 Å². The quantitative estimate of drug-likeness (QED) is 0.777. The summed E-state index contributed by atoms with van der Waals surface area (Å²) in [5.41, 5.74) is 0.946. The summed E-state index contributed by atoms with van der Waals surface area (Å²) in [6, 6.07) is 7.88. The molecule has 2 heterocycles. The van der Waals surface area contributed by atoms with Crippen LogP contribution in [-0.2, 0) is 5.41 Å². The van der Waals surface area contributed by atoms with Crippen LogP contribution in [0.25, 0.3) is 0 Å². The molecule has 1 saturated heterocycles. The zero-order valence-corrected chi connectivity index (χ0v) is 16.8. The van der Waals surface area contributed by atoms with E-state index in [0.29, 0.717) is 0 Å². The van der Waals surface area contributed by atoms with Gasteiger partial charge in [-0.25, -0.2) is 4.98 Å². The number of benzene rings is 1. The molecular formula is C20H26N4OS. The maximum absolute atomic E-state index is 5.34. The van der Waals surface area contributed by atoms with Gasteiger partial charge in [-0.1, -0.05) is 44.7 Å². The molecule has 0 saturated carbocycles. The number of hydrogen-bond donors (Lipinski definition) is 0. The molecule has 1 aliphatic heterocycles. The topological polar surface area (TPSA) is 41.5 Å². The van der Waals surface area contributed by atoms with Crippen LogP contribution >= 0.6 is 11.5 Å². The largest absolute Gasteiger partial charge is 0.495 e. The molecule has 1 aromatic carbocycles. The van der Waals surface area contributed by atoms with Crippen molar-refractivity contribution in [2.75, 3.05) is 44.7 Å². The van der Waals surface area contributed by atoms with Crippen molar-refractivity contribution in [3.63, 3.8) is 0 Å². The van der Waals surface area contributed by atoms with Crippen molar-refractivity contribution in [1.29, 1.82) is 0 Å². The van der Waals surface area contributed by atoms with Crippen molar-refractivity contribution < 1.29 is 4.74 Å². The lowest BCUT2D eigenvalue weighted by Crippen LogP contribution is -2.46. The van der Waals surface area contributed by atoms with E-state index >= 15 is 0 Å². The highest BCUT2D eigenvalue weighted by Crippen LogP contribution is 2.26. The Hall–Kier alpha value is -2.10. The molecule has 0 N–H and O–H groups in total. The van der Waals surface area contributed by atoms with Crippen LogP contribution < -0.4 is 9.64 Å². The number of ether oxygens (including phenoxy) is 1. The Morgan fingerprint density at radius 2 is 1.88 bits per heavy atom. The van der Waals surface area contributed by atoms with Gasteiger partial charge in [-0.2, -0.15) is 4.37 Å². The van der Waals surface area contributed by atoms with Crippen LogP contribution in [0.2, 0.25) is 0 Å². The lowest BCUT2D eigenvalue weighted by molar-refractivity contribution is 0.288. The van der Waals surface area contributed by atoms with Crippen LogP contribution in [0.3, 0.4) is 0 Å². The first-order chi connectivity index (χ1) is 12.5. The average Bonchev–Trinajstić information content (AvgIpc) is 3.13. The molecule has 5 nitrogen and oxygen atoms in total. The Balaban J connectivity index is 1.53. The number of anilines is 1. The lowest BCUT2D eigenvalue weighted by Gasteiger charge is -2.33. The molecule has 26 heavy (non-hydrogen) atoms. The second kappa shape index (κ2) is 8.07. The van der Waals surface area contributed by atoms with Gasteiger partial charge in [0.2, 0.25) is 5.13 Å². The van der Waals surface area contributed by atoms with Crippen LogP contribution in [0, 0.1) is 11.8 Å². The van der Waals surface area contributed by atoms with Crippen LogP contribution in [-0.4, -0.2) is 54.1 Å². The van der Waals surface area contributed by atoms with Gasteiger partial charge in [0.25, 0.3) is 0 Å². The van der Waals surface area contributed by atoms with E-state index in [1.807, 2.05) is 24.3 Å². The summed E-state index contributed by atoms with van der Waals surface area (Å²) in [6.07, 6.45) is 0. The van der Waals surface area contributed by atoms with Crippen molar-refractivity contribution in [2.45, 2.75) is 26.2 Å². The summed E-state index contributed by atoms with van der Waals surface area (Å²) in [7, 11) is 1.68. The van der Waals surface area contributed by atoms with Gasteiger partial charge in [0.15, 0.2) is 0 Å². The smallest absolute Gasteiger partial charge is 0.205 e. The van der Waals surface area contributed by atoms with Gasteiger partial charge in [0.05, 0.1) is 19.2 Å². The Morgan fingerprint density at radius 3 is 2.54 bits per heavy atom. The maximum Gasteiger partial charge on any atom is 0.205 e. The number of hydrogen-bond acceptors (Lipinski definition) is 6. The number of nitrogens with zero attached hydrogens (tertiary/aromatic N) is 4. The number of para-hydroxylation sites is 1. The first kappa shape index (κ1) is 18.7. The van der Waals surface area contributed by atoms with Crippen molar-refractivity contribution in [3.8, 4) is 17.6 Å². The van der Waals surface area contributed by atoms with Crippen molar-refractivity contribution in [1.82, 2.24) is 14.3 Å². The summed E-state index contributed by atoms with van der Waals surface area (Å²) in [4.78, 5) is 9.43. The zero-order chi connectivity index (χ0) is 18.6. The van der Waals surface area contributed by atoms with Crippen molar-refractivity contribution in [3.05, 3.63) is 35.7 Å². The van der Waals surface area contributed by atoms with Crippen molar-refractivity contribution in [2.24, 2.45) is 0 Å². The summed E-state index contributed by atoms with van der Waals surface area (Å²) >= 11 is 1.51. The van der Waals surface area contributed by atoms with Crippen LogP contribution in [0.15, 0.2) is 24.3 Å². The zero-order valence-electron chi connectivity index (χ0n) is 16.0. The molecule has 6 heteroatoms. The molecule has 0 spiro atoms. The highest BCUT2D eigenvalue weighted by atomic mass is 32.1. The number of aromatic nitrogens is 2. The van der Waals surface area contributed by atoms with E-state index in [1.54, 1.807) is 7.11 Å². The average molecular weight is 371 g/mol. The Labute approximate surface area is 160 Å². The molecule has 2 aromatic rings. The minimum atomic E-state index is 0.00462. The van der Waals surface area contributed by atoms with E-state index in [4.69, 9.17) is 9.72 Å². The van der Waals surface area contributed by atoms with Gasteiger partial charge >= 0.3 is 0 Å². The molecule has 1 fully saturated rings. The van der Waals surface area contributed by atoms with E-state index in [9.17, 15) is 0 Å². The molecule has 0 unspecified atom stereocenters. The van der Waals surface area contributed by atoms with E-state index in [1.165, 1.54) is 11.5 Å². The van der Waals surface area contributed by atoms with Gasteiger partial charge in [-0.05, 0) is 12.1 Å². The first-order valence-corrected chi connectivity index (χ1v) is 9.68. The third-order valence-corrected chi connectivity index (χ3v) is 5.14. The Bertz CT molecular complexity index is 792. The summed E-state index contributed by atoms with van der Waals surface area (Å²) in [5, 5.41) is 1.04. The monoisotopic (exact) mass is 370 g/mol. The van der Waals surface area contributed by atoms with E-state index < -0.39 is 0 Å². The summed E-state index contributed by atoms with van der Waals surface area (Å²) in [5.74, 6) is 8.26. The first-order valence-electron chi connectivity index (χ1n) is 8.91. The Morgan fingerprint density at radius 1 is 1.15 bits per heavy atom. The van der Waals surface area contributed by atoms with E-state index in [0.717, 1.165) is 55.0 Å². The van der Waals surface area contributed by atoms with E-state index in [-0.39, 0.29) is 5.41 Å². The van der Waals surface area contributed by atoms with Gasteiger partial charge in [0.1, 0.15) is 11.6 Å². The maximum atomic E-state index is 5.34. The van der Waals surface area contributed by atoms with Crippen LogP contribution in [0.5, 0.6) is 5.75 Å². The molecule has 138 valence electrons. The fourth-order valence-electron chi connectivity index (χ4n) is 2.74. The molecule has 0 radical (unpaired) electrons. The highest BCUT2D eigenvalue weighted by molar-refractivity contribution is 7.09.